The maximum absolute atomic E-state index is 5.69. The van der Waals surface area contributed by atoms with Gasteiger partial charge in [0.15, 0.2) is 17.0 Å². The van der Waals surface area contributed by atoms with Crippen LogP contribution in [0.1, 0.15) is 19.5 Å². The van der Waals surface area contributed by atoms with Gasteiger partial charge in [0.1, 0.15) is 0 Å². The van der Waals surface area contributed by atoms with E-state index in [-0.39, 0.29) is 5.95 Å². The Morgan fingerprint density at radius 2 is 1.88 bits per heavy atom. The average molecular weight is 232 g/mol. The molecule has 0 aliphatic heterocycles. The maximum Gasteiger partial charge on any atom is 0.224 e. The van der Waals surface area contributed by atoms with Crippen molar-refractivity contribution < 1.29 is 0 Å². The molecule has 6 nitrogen and oxygen atoms in total. The Balaban J connectivity index is 2.71. The first-order valence-electron chi connectivity index (χ1n) is 5.67. The maximum atomic E-state index is 5.69. The summed E-state index contributed by atoms with van der Waals surface area (Å²) < 4.78 is 0. The lowest BCUT2D eigenvalue weighted by molar-refractivity contribution is 0.846. The van der Waals surface area contributed by atoms with Crippen LogP contribution in [-0.2, 0) is 0 Å². The highest BCUT2D eigenvalue weighted by atomic mass is 15.2. The summed E-state index contributed by atoms with van der Waals surface area (Å²) >= 11 is 0. The van der Waals surface area contributed by atoms with Crippen LogP contribution in [0.15, 0.2) is 6.20 Å². The van der Waals surface area contributed by atoms with E-state index in [4.69, 9.17) is 5.73 Å². The van der Waals surface area contributed by atoms with Crippen molar-refractivity contribution in [3.63, 3.8) is 0 Å². The van der Waals surface area contributed by atoms with E-state index in [1.54, 1.807) is 6.20 Å². The van der Waals surface area contributed by atoms with Crippen LogP contribution in [0.3, 0.4) is 0 Å². The van der Waals surface area contributed by atoms with Gasteiger partial charge in [0.2, 0.25) is 5.95 Å². The molecule has 0 atom stereocenters. The van der Waals surface area contributed by atoms with Gasteiger partial charge in [-0.05, 0) is 20.8 Å². The predicted octanol–water partition coefficient (Wildman–Crippen LogP) is 1.16. The number of nitrogens with zero attached hydrogens (tertiary/aromatic N) is 5. The fourth-order valence-corrected chi connectivity index (χ4v) is 1.74. The number of nitrogen functional groups attached to an aromatic ring is 1. The highest BCUT2D eigenvalue weighted by Gasteiger charge is 2.13. The number of anilines is 2. The van der Waals surface area contributed by atoms with Gasteiger partial charge in [-0.3, -0.25) is 0 Å². The summed E-state index contributed by atoms with van der Waals surface area (Å²) in [7, 11) is 0. The zero-order valence-corrected chi connectivity index (χ0v) is 10.3. The van der Waals surface area contributed by atoms with Crippen molar-refractivity contribution in [3.05, 3.63) is 11.9 Å². The molecule has 0 saturated heterocycles. The van der Waals surface area contributed by atoms with E-state index in [1.165, 1.54) is 0 Å². The standard InChI is InChI=1S/C11H16N6/c1-4-17(5-2)10-8-9(15-11(12)16-10)13-6-7(3)14-8/h6H,4-5H2,1-3H3,(H2,12,13,15,16). The number of hydrogen-bond donors (Lipinski definition) is 1. The van der Waals surface area contributed by atoms with Crippen LogP contribution in [0.4, 0.5) is 11.8 Å². The molecule has 0 bridgehead atoms. The van der Waals surface area contributed by atoms with E-state index in [9.17, 15) is 0 Å². The summed E-state index contributed by atoms with van der Waals surface area (Å²) in [6, 6.07) is 0. The van der Waals surface area contributed by atoms with Crippen molar-refractivity contribution >= 4 is 22.9 Å². The monoisotopic (exact) mass is 232 g/mol. The summed E-state index contributed by atoms with van der Waals surface area (Å²) in [5.74, 6) is 0.992. The Morgan fingerprint density at radius 3 is 2.53 bits per heavy atom. The van der Waals surface area contributed by atoms with E-state index in [2.05, 4.69) is 38.7 Å². The van der Waals surface area contributed by atoms with Gasteiger partial charge in [0.05, 0.1) is 11.9 Å². The van der Waals surface area contributed by atoms with Crippen LogP contribution in [0.25, 0.3) is 11.2 Å². The molecule has 2 aromatic rings. The number of fused-ring (bicyclic) bond motifs is 1. The Morgan fingerprint density at radius 1 is 1.18 bits per heavy atom. The Hall–Kier alpha value is -1.98. The van der Waals surface area contributed by atoms with E-state index in [0.717, 1.165) is 24.6 Å². The van der Waals surface area contributed by atoms with Gasteiger partial charge in [-0.1, -0.05) is 0 Å². The normalized spacial score (nSPS) is 10.8. The third-order valence-corrected chi connectivity index (χ3v) is 2.59. The smallest absolute Gasteiger partial charge is 0.224 e. The van der Waals surface area contributed by atoms with Crippen LogP contribution in [0.2, 0.25) is 0 Å². The topological polar surface area (TPSA) is 80.8 Å². The van der Waals surface area contributed by atoms with Gasteiger partial charge in [-0.25, -0.2) is 9.97 Å². The second-order valence-electron chi connectivity index (χ2n) is 3.76. The lowest BCUT2D eigenvalue weighted by Crippen LogP contribution is -2.24. The highest BCUT2D eigenvalue weighted by molar-refractivity contribution is 5.83. The van der Waals surface area contributed by atoms with Crippen LogP contribution in [-0.4, -0.2) is 33.0 Å². The second kappa shape index (κ2) is 4.48. The molecule has 0 saturated carbocycles. The van der Waals surface area contributed by atoms with Gasteiger partial charge in [-0.2, -0.15) is 9.97 Å². The Labute approximate surface area is 99.9 Å². The number of aromatic nitrogens is 4. The molecule has 2 heterocycles. The minimum atomic E-state index is 0.234. The summed E-state index contributed by atoms with van der Waals surface area (Å²) in [5, 5.41) is 0. The SMILES string of the molecule is CCN(CC)c1nc(N)nc2ncc(C)nc12. The fourth-order valence-electron chi connectivity index (χ4n) is 1.74. The molecule has 0 amide bonds. The molecular formula is C11H16N6. The van der Waals surface area contributed by atoms with Crippen molar-refractivity contribution in [2.75, 3.05) is 23.7 Å². The molecule has 2 rings (SSSR count). The third kappa shape index (κ3) is 2.11. The van der Waals surface area contributed by atoms with Crippen molar-refractivity contribution in [2.24, 2.45) is 0 Å². The Bertz CT molecular complexity index is 535. The van der Waals surface area contributed by atoms with Crippen LogP contribution >= 0.6 is 0 Å². The molecule has 17 heavy (non-hydrogen) atoms. The lowest BCUT2D eigenvalue weighted by atomic mass is 10.3. The molecule has 2 N–H and O–H groups in total. The quantitative estimate of drug-likeness (QED) is 0.855. The van der Waals surface area contributed by atoms with Crippen LogP contribution in [0, 0.1) is 6.92 Å². The van der Waals surface area contributed by atoms with E-state index >= 15 is 0 Å². The van der Waals surface area contributed by atoms with Crippen LogP contribution < -0.4 is 10.6 Å². The molecule has 0 radical (unpaired) electrons. The van der Waals surface area contributed by atoms with Gasteiger partial charge in [0.25, 0.3) is 0 Å². The number of aryl methyl sites for hydroxylation is 1. The molecule has 6 heteroatoms. The first-order chi connectivity index (χ1) is 8.15. The minimum absolute atomic E-state index is 0.234. The summed E-state index contributed by atoms with van der Waals surface area (Å²) in [6.07, 6.45) is 1.68. The van der Waals surface area contributed by atoms with E-state index < -0.39 is 0 Å². The molecule has 0 fully saturated rings. The largest absolute Gasteiger partial charge is 0.368 e. The van der Waals surface area contributed by atoms with E-state index in [0.29, 0.717) is 11.2 Å². The van der Waals surface area contributed by atoms with Gasteiger partial charge in [-0.15, -0.1) is 0 Å². The zero-order valence-electron chi connectivity index (χ0n) is 10.3. The number of rotatable bonds is 3. The van der Waals surface area contributed by atoms with Crippen LogP contribution in [0.5, 0.6) is 0 Å². The summed E-state index contributed by atoms with van der Waals surface area (Å²) in [6.45, 7) is 7.72. The predicted molar refractivity (Wildman–Crippen MR) is 67.8 cm³/mol. The summed E-state index contributed by atoms with van der Waals surface area (Å²) in [4.78, 5) is 19.1. The van der Waals surface area contributed by atoms with E-state index in [1.807, 2.05) is 6.92 Å². The van der Waals surface area contributed by atoms with Crippen molar-refractivity contribution in [1.29, 1.82) is 0 Å². The molecule has 0 aliphatic rings. The second-order valence-corrected chi connectivity index (χ2v) is 3.76. The molecule has 0 unspecified atom stereocenters. The first-order valence-corrected chi connectivity index (χ1v) is 5.67. The number of hydrogen-bond acceptors (Lipinski definition) is 6. The van der Waals surface area contributed by atoms with Crippen molar-refractivity contribution in [2.45, 2.75) is 20.8 Å². The van der Waals surface area contributed by atoms with Gasteiger partial charge < -0.3 is 10.6 Å². The summed E-state index contributed by atoms with van der Waals surface area (Å²) in [5.41, 5.74) is 7.80. The minimum Gasteiger partial charge on any atom is -0.368 e. The van der Waals surface area contributed by atoms with Gasteiger partial charge >= 0.3 is 0 Å². The molecule has 0 aliphatic carbocycles. The zero-order chi connectivity index (χ0) is 12.4. The first kappa shape index (κ1) is 11.5. The molecular weight excluding hydrogens is 216 g/mol. The Kier molecular flexibility index (Phi) is 3.03. The number of nitrogens with two attached hydrogens (primary N) is 1. The van der Waals surface area contributed by atoms with Gasteiger partial charge in [0, 0.05) is 13.1 Å². The fraction of sp³-hybridized carbons (Fsp3) is 0.455. The molecule has 0 spiro atoms. The molecule has 0 aromatic carbocycles. The average Bonchev–Trinajstić information content (AvgIpc) is 2.31. The van der Waals surface area contributed by atoms with Crippen molar-refractivity contribution in [3.8, 4) is 0 Å². The highest BCUT2D eigenvalue weighted by Crippen LogP contribution is 2.21. The molecule has 2 aromatic heterocycles. The van der Waals surface area contributed by atoms with Crippen molar-refractivity contribution in [1.82, 2.24) is 19.9 Å². The molecule has 90 valence electrons. The lowest BCUT2D eigenvalue weighted by Gasteiger charge is -2.20. The third-order valence-electron chi connectivity index (χ3n) is 2.59.